The van der Waals surface area contributed by atoms with Crippen molar-refractivity contribution in [3.63, 3.8) is 0 Å². The fraction of sp³-hybridized carbons (Fsp3) is 0.538. The van der Waals surface area contributed by atoms with Gasteiger partial charge in [-0.2, -0.15) is 0 Å². The molecule has 0 heterocycles. The van der Waals surface area contributed by atoms with Crippen molar-refractivity contribution in [2.24, 2.45) is 0 Å². The highest BCUT2D eigenvalue weighted by molar-refractivity contribution is 5.79. The molecular formula is C13H19NO4. The van der Waals surface area contributed by atoms with E-state index in [0.717, 1.165) is 6.42 Å². The third-order valence-corrected chi connectivity index (χ3v) is 2.57. The SMILES string of the molecule is CCC(=O)NC1=C(OC)CCC=C1OC(=O)CC. The van der Waals surface area contributed by atoms with Gasteiger partial charge in [0.25, 0.3) is 0 Å². The number of hydrogen-bond acceptors (Lipinski definition) is 4. The largest absolute Gasteiger partial charge is 0.499 e. The number of carbonyl (C=O) groups excluding carboxylic acids is 2. The van der Waals surface area contributed by atoms with Crippen molar-refractivity contribution in [2.75, 3.05) is 7.11 Å². The van der Waals surface area contributed by atoms with Gasteiger partial charge in [0.1, 0.15) is 11.5 Å². The summed E-state index contributed by atoms with van der Waals surface area (Å²) in [6.45, 7) is 3.48. The van der Waals surface area contributed by atoms with Crippen LogP contribution in [-0.2, 0) is 19.1 Å². The average Bonchev–Trinajstić information content (AvgIpc) is 2.40. The fourth-order valence-corrected chi connectivity index (χ4v) is 1.55. The number of allylic oxidation sites excluding steroid dienone is 2. The number of carbonyl (C=O) groups is 2. The first kappa shape index (κ1) is 14.3. The molecule has 18 heavy (non-hydrogen) atoms. The minimum atomic E-state index is -0.332. The second-order valence-corrected chi connectivity index (χ2v) is 3.84. The summed E-state index contributed by atoms with van der Waals surface area (Å²) in [6, 6.07) is 0. The third kappa shape index (κ3) is 3.61. The monoisotopic (exact) mass is 253 g/mol. The van der Waals surface area contributed by atoms with Crippen molar-refractivity contribution in [1.82, 2.24) is 5.32 Å². The van der Waals surface area contributed by atoms with Gasteiger partial charge in [-0.05, 0) is 12.5 Å². The zero-order valence-electron chi connectivity index (χ0n) is 11.0. The summed E-state index contributed by atoms with van der Waals surface area (Å²) in [5.74, 6) is 0.548. The van der Waals surface area contributed by atoms with E-state index in [-0.39, 0.29) is 18.3 Å². The van der Waals surface area contributed by atoms with Gasteiger partial charge < -0.3 is 14.8 Å². The number of esters is 1. The van der Waals surface area contributed by atoms with Crippen LogP contribution in [0.5, 0.6) is 0 Å². The first-order chi connectivity index (χ1) is 8.62. The van der Waals surface area contributed by atoms with Gasteiger partial charge in [0.05, 0.1) is 7.11 Å². The van der Waals surface area contributed by atoms with Crippen molar-refractivity contribution in [1.29, 1.82) is 0 Å². The van der Waals surface area contributed by atoms with Crippen molar-refractivity contribution in [2.45, 2.75) is 39.5 Å². The zero-order valence-corrected chi connectivity index (χ0v) is 11.0. The molecule has 0 atom stereocenters. The number of rotatable bonds is 5. The quantitative estimate of drug-likeness (QED) is 0.761. The van der Waals surface area contributed by atoms with Gasteiger partial charge in [0.15, 0.2) is 5.76 Å². The van der Waals surface area contributed by atoms with Gasteiger partial charge in [0.2, 0.25) is 5.91 Å². The molecule has 0 aliphatic heterocycles. The Kier molecular flexibility index (Phi) is 5.42. The third-order valence-electron chi connectivity index (χ3n) is 2.57. The molecule has 0 bridgehead atoms. The Morgan fingerprint density at radius 3 is 2.61 bits per heavy atom. The summed E-state index contributed by atoms with van der Waals surface area (Å²) in [6.07, 6.45) is 3.84. The van der Waals surface area contributed by atoms with Gasteiger partial charge in [-0.15, -0.1) is 0 Å². The van der Waals surface area contributed by atoms with Crippen LogP contribution in [0.25, 0.3) is 0 Å². The molecule has 1 rings (SSSR count). The molecule has 0 aromatic heterocycles. The summed E-state index contributed by atoms with van der Waals surface area (Å²) in [5.41, 5.74) is 0.470. The van der Waals surface area contributed by atoms with Gasteiger partial charge in [-0.1, -0.05) is 13.8 Å². The molecule has 0 aromatic carbocycles. The van der Waals surface area contributed by atoms with Gasteiger partial charge in [0, 0.05) is 19.3 Å². The van der Waals surface area contributed by atoms with Crippen molar-refractivity contribution in [3.8, 4) is 0 Å². The highest BCUT2D eigenvalue weighted by Crippen LogP contribution is 2.25. The molecule has 0 saturated heterocycles. The number of hydrogen-bond donors (Lipinski definition) is 1. The molecule has 0 spiro atoms. The van der Waals surface area contributed by atoms with Crippen LogP contribution < -0.4 is 5.32 Å². The van der Waals surface area contributed by atoms with Crippen LogP contribution in [0.15, 0.2) is 23.3 Å². The number of methoxy groups -OCH3 is 1. The maximum absolute atomic E-state index is 11.5. The Hall–Kier alpha value is -1.78. The molecule has 1 aliphatic carbocycles. The van der Waals surface area contributed by atoms with E-state index < -0.39 is 0 Å². The maximum Gasteiger partial charge on any atom is 0.310 e. The Bertz CT molecular complexity index is 396. The molecule has 0 saturated carbocycles. The van der Waals surface area contributed by atoms with E-state index in [2.05, 4.69) is 5.32 Å². The Balaban J connectivity index is 2.92. The predicted octanol–water partition coefficient (Wildman–Crippen LogP) is 2.00. The number of nitrogens with one attached hydrogen (secondary N) is 1. The lowest BCUT2D eigenvalue weighted by atomic mass is 10.1. The minimum absolute atomic E-state index is 0.139. The van der Waals surface area contributed by atoms with Gasteiger partial charge in [-0.25, -0.2) is 0 Å². The number of ether oxygens (including phenoxy) is 2. The standard InChI is InChI=1S/C13H19NO4/c1-4-11(15)14-13-9(17-3)7-6-8-10(13)18-12(16)5-2/h8H,4-7H2,1-3H3,(H,14,15). The number of amides is 1. The van der Waals surface area contributed by atoms with Crippen molar-refractivity contribution in [3.05, 3.63) is 23.3 Å². The van der Waals surface area contributed by atoms with Crippen molar-refractivity contribution < 1.29 is 19.1 Å². The van der Waals surface area contributed by atoms with Crippen LogP contribution in [0.4, 0.5) is 0 Å². The molecule has 1 amide bonds. The van der Waals surface area contributed by atoms with E-state index in [0.29, 0.717) is 30.1 Å². The molecule has 0 unspecified atom stereocenters. The van der Waals surface area contributed by atoms with Crippen LogP contribution in [0, 0.1) is 0 Å². The first-order valence-electron chi connectivity index (χ1n) is 6.10. The smallest absolute Gasteiger partial charge is 0.310 e. The normalized spacial score (nSPS) is 14.9. The fourth-order valence-electron chi connectivity index (χ4n) is 1.55. The molecule has 1 N–H and O–H groups in total. The van der Waals surface area contributed by atoms with E-state index >= 15 is 0 Å². The van der Waals surface area contributed by atoms with Crippen LogP contribution in [0.1, 0.15) is 39.5 Å². The summed E-state index contributed by atoms with van der Waals surface area (Å²) in [5, 5.41) is 2.72. The maximum atomic E-state index is 11.5. The summed E-state index contributed by atoms with van der Waals surface area (Å²) < 4.78 is 10.4. The molecule has 0 radical (unpaired) electrons. The highest BCUT2D eigenvalue weighted by Gasteiger charge is 2.21. The van der Waals surface area contributed by atoms with Crippen LogP contribution >= 0.6 is 0 Å². The lowest BCUT2D eigenvalue weighted by Crippen LogP contribution is -2.27. The molecule has 5 nitrogen and oxygen atoms in total. The van der Waals surface area contributed by atoms with Gasteiger partial charge in [-0.3, -0.25) is 9.59 Å². The Morgan fingerprint density at radius 1 is 1.33 bits per heavy atom. The van der Waals surface area contributed by atoms with E-state index in [1.807, 2.05) is 0 Å². The van der Waals surface area contributed by atoms with E-state index in [1.165, 1.54) is 7.11 Å². The first-order valence-corrected chi connectivity index (χ1v) is 6.10. The Morgan fingerprint density at radius 2 is 2.06 bits per heavy atom. The minimum Gasteiger partial charge on any atom is -0.499 e. The van der Waals surface area contributed by atoms with Gasteiger partial charge >= 0.3 is 5.97 Å². The second kappa shape index (κ2) is 6.83. The molecule has 100 valence electrons. The topological polar surface area (TPSA) is 64.6 Å². The van der Waals surface area contributed by atoms with Crippen LogP contribution in [0.3, 0.4) is 0 Å². The van der Waals surface area contributed by atoms with E-state index in [4.69, 9.17) is 9.47 Å². The lowest BCUT2D eigenvalue weighted by Gasteiger charge is -2.20. The highest BCUT2D eigenvalue weighted by atomic mass is 16.5. The molecule has 0 aromatic rings. The summed E-state index contributed by atoms with van der Waals surface area (Å²) >= 11 is 0. The predicted molar refractivity (Wildman–Crippen MR) is 66.2 cm³/mol. The van der Waals surface area contributed by atoms with Crippen LogP contribution in [0.2, 0.25) is 0 Å². The van der Waals surface area contributed by atoms with Crippen molar-refractivity contribution >= 4 is 11.9 Å². The average molecular weight is 253 g/mol. The summed E-state index contributed by atoms with van der Waals surface area (Å²) in [4.78, 5) is 22.8. The van der Waals surface area contributed by atoms with E-state index in [9.17, 15) is 9.59 Å². The second-order valence-electron chi connectivity index (χ2n) is 3.84. The van der Waals surface area contributed by atoms with Crippen LogP contribution in [-0.4, -0.2) is 19.0 Å². The molecule has 1 aliphatic rings. The Labute approximate surface area is 107 Å². The zero-order chi connectivity index (χ0) is 13.5. The molecular weight excluding hydrogens is 234 g/mol. The lowest BCUT2D eigenvalue weighted by molar-refractivity contribution is -0.139. The summed E-state index contributed by atoms with van der Waals surface area (Å²) in [7, 11) is 1.54. The molecule has 5 heteroatoms. The van der Waals surface area contributed by atoms with E-state index in [1.54, 1.807) is 19.9 Å². The molecule has 0 fully saturated rings.